The Morgan fingerprint density at radius 1 is 1.05 bits per heavy atom. The van der Waals surface area contributed by atoms with E-state index in [0.717, 1.165) is 12.8 Å². The van der Waals surface area contributed by atoms with E-state index >= 15 is 0 Å². The summed E-state index contributed by atoms with van der Waals surface area (Å²) in [6.07, 6.45) is 2.37. The summed E-state index contributed by atoms with van der Waals surface area (Å²) in [5.41, 5.74) is 1.88. The first-order chi connectivity index (χ1) is 9.16. The summed E-state index contributed by atoms with van der Waals surface area (Å²) in [5, 5.41) is 20.4. The van der Waals surface area contributed by atoms with E-state index in [1.807, 2.05) is 30.3 Å². The van der Waals surface area contributed by atoms with Gasteiger partial charge in [0.15, 0.2) is 0 Å². The molecule has 4 nitrogen and oxygen atoms in total. The summed E-state index contributed by atoms with van der Waals surface area (Å²) < 4.78 is 0. The van der Waals surface area contributed by atoms with Gasteiger partial charge in [-0.15, -0.1) is 0 Å². The number of benzene rings is 2. The van der Waals surface area contributed by atoms with Crippen LogP contribution in [-0.2, 0) is 12.8 Å². The van der Waals surface area contributed by atoms with Crippen LogP contribution < -0.4 is 0 Å². The van der Waals surface area contributed by atoms with Crippen LogP contribution in [0.25, 0.3) is 0 Å². The second kappa shape index (κ2) is 6.00. The Morgan fingerprint density at radius 3 is 2.47 bits per heavy atom. The number of nitro benzene ring substituents is 1. The average Bonchev–Trinajstić information content (AvgIpc) is 2.42. The van der Waals surface area contributed by atoms with Crippen molar-refractivity contribution in [3.05, 3.63) is 69.8 Å². The van der Waals surface area contributed by atoms with E-state index in [0.29, 0.717) is 12.0 Å². The fraction of sp³-hybridized carbons (Fsp3) is 0.200. The third-order valence-corrected chi connectivity index (χ3v) is 3.03. The third kappa shape index (κ3) is 3.55. The molecule has 2 aromatic rings. The first-order valence-corrected chi connectivity index (χ1v) is 6.17. The topological polar surface area (TPSA) is 63.4 Å². The quantitative estimate of drug-likeness (QED) is 0.658. The minimum absolute atomic E-state index is 0.0208. The van der Waals surface area contributed by atoms with Crippen LogP contribution in [0.4, 0.5) is 5.69 Å². The number of nitro groups is 1. The molecule has 0 aliphatic carbocycles. The van der Waals surface area contributed by atoms with E-state index in [4.69, 9.17) is 0 Å². The van der Waals surface area contributed by atoms with Crippen LogP contribution in [0.2, 0.25) is 0 Å². The number of phenolic OH excluding ortho intramolecular Hbond substituents is 1. The van der Waals surface area contributed by atoms with Gasteiger partial charge >= 0.3 is 0 Å². The van der Waals surface area contributed by atoms with Crippen molar-refractivity contribution >= 4 is 5.69 Å². The van der Waals surface area contributed by atoms with Crippen LogP contribution in [0.1, 0.15) is 17.5 Å². The summed E-state index contributed by atoms with van der Waals surface area (Å²) in [6, 6.07) is 14.2. The van der Waals surface area contributed by atoms with Gasteiger partial charge in [-0.1, -0.05) is 30.3 Å². The molecule has 0 atom stereocenters. The number of nitrogens with zero attached hydrogens (tertiary/aromatic N) is 1. The molecule has 1 N–H and O–H groups in total. The lowest BCUT2D eigenvalue weighted by molar-refractivity contribution is -0.384. The Bertz CT molecular complexity index is 567. The predicted molar refractivity (Wildman–Crippen MR) is 73.2 cm³/mol. The highest BCUT2D eigenvalue weighted by Crippen LogP contribution is 2.24. The Hall–Kier alpha value is -2.36. The largest absolute Gasteiger partial charge is 0.508 e. The molecule has 0 aliphatic rings. The van der Waals surface area contributed by atoms with Crippen LogP contribution in [0, 0.1) is 10.1 Å². The molecule has 0 bridgehead atoms. The summed E-state index contributed by atoms with van der Waals surface area (Å²) in [6.45, 7) is 0. The van der Waals surface area contributed by atoms with Gasteiger partial charge in [-0.3, -0.25) is 10.1 Å². The summed E-state index contributed by atoms with van der Waals surface area (Å²) in [7, 11) is 0. The fourth-order valence-electron chi connectivity index (χ4n) is 2.01. The zero-order valence-electron chi connectivity index (χ0n) is 10.5. The minimum Gasteiger partial charge on any atom is -0.508 e. The molecule has 0 saturated carbocycles. The molecule has 2 rings (SSSR count). The molecule has 98 valence electrons. The van der Waals surface area contributed by atoms with Crippen molar-refractivity contribution in [1.82, 2.24) is 0 Å². The van der Waals surface area contributed by atoms with Crippen molar-refractivity contribution in [3.63, 3.8) is 0 Å². The Morgan fingerprint density at radius 2 is 1.79 bits per heavy atom. The third-order valence-electron chi connectivity index (χ3n) is 3.03. The van der Waals surface area contributed by atoms with Gasteiger partial charge in [0, 0.05) is 17.7 Å². The van der Waals surface area contributed by atoms with Crippen molar-refractivity contribution in [1.29, 1.82) is 0 Å². The van der Waals surface area contributed by atoms with Gasteiger partial charge in [0.2, 0.25) is 0 Å². The Balaban J connectivity index is 1.99. The van der Waals surface area contributed by atoms with Crippen molar-refractivity contribution in [2.75, 3.05) is 0 Å². The van der Waals surface area contributed by atoms with Crippen LogP contribution in [0.15, 0.2) is 48.5 Å². The molecule has 0 spiro atoms. The van der Waals surface area contributed by atoms with E-state index in [1.54, 1.807) is 0 Å². The fourth-order valence-corrected chi connectivity index (χ4v) is 2.01. The number of aryl methyl sites for hydroxylation is 2. The van der Waals surface area contributed by atoms with Gasteiger partial charge in [0.25, 0.3) is 5.69 Å². The maximum Gasteiger partial charge on any atom is 0.269 e. The van der Waals surface area contributed by atoms with Crippen LogP contribution in [-0.4, -0.2) is 10.0 Å². The van der Waals surface area contributed by atoms with Crippen LogP contribution >= 0.6 is 0 Å². The first-order valence-electron chi connectivity index (χ1n) is 6.17. The summed E-state index contributed by atoms with van der Waals surface area (Å²) in [4.78, 5) is 10.2. The number of aromatic hydroxyl groups is 1. The molecule has 0 heterocycles. The zero-order chi connectivity index (χ0) is 13.7. The molecule has 0 aliphatic heterocycles. The lowest BCUT2D eigenvalue weighted by Crippen LogP contribution is -1.93. The van der Waals surface area contributed by atoms with Gasteiger partial charge in [-0.25, -0.2) is 0 Å². The molecule has 0 saturated heterocycles. The molecule has 0 aromatic heterocycles. The van der Waals surface area contributed by atoms with Crippen molar-refractivity contribution in [2.45, 2.75) is 19.3 Å². The highest BCUT2D eigenvalue weighted by atomic mass is 16.6. The molecular weight excluding hydrogens is 242 g/mol. The van der Waals surface area contributed by atoms with E-state index in [2.05, 4.69) is 0 Å². The molecule has 0 unspecified atom stereocenters. The highest BCUT2D eigenvalue weighted by Gasteiger charge is 2.09. The number of rotatable bonds is 5. The van der Waals surface area contributed by atoms with Crippen LogP contribution in [0.3, 0.4) is 0 Å². The average molecular weight is 257 g/mol. The maximum atomic E-state index is 10.7. The predicted octanol–water partition coefficient (Wildman–Crippen LogP) is 3.48. The second-order valence-electron chi connectivity index (χ2n) is 4.41. The normalized spacial score (nSPS) is 10.3. The van der Waals surface area contributed by atoms with E-state index in [1.165, 1.54) is 23.8 Å². The minimum atomic E-state index is -0.444. The van der Waals surface area contributed by atoms with E-state index in [9.17, 15) is 15.2 Å². The molecule has 0 amide bonds. The maximum absolute atomic E-state index is 10.7. The molecule has 0 fully saturated rings. The molecule has 0 radical (unpaired) electrons. The number of non-ortho nitro benzene ring substituents is 1. The zero-order valence-corrected chi connectivity index (χ0v) is 10.5. The highest BCUT2D eigenvalue weighted by molar-refractivity contribution is 5.43. The lowest BCUT2D eigenvalue weighted by atomic mass is 10.0. The number of hydrogen-bond donors (Lipinski definition) is 1. The second-order valence-corrected chi connectivity index (χ2v) is 4.41. The summed E-state index contributed by atoms with van der Waals surface area (Å²) in [5.74, 6) is 0.124. The SMILES string of the molecule is O=[N+]([O-])c1ccc(O)c(CCCc2ccccc2)c1. The van der Waals surface area contributed by atoms with E-state index < -0.39 is 4.92 Å². The van der Waals surface area contributed by atoms with Crippen molar-refractivity contribution < 1.29 is 10.0 Å². The van der Waals surface area contributed by atoms with Crippen molar-refractivity contribution in [3.8, 4) is 5.75 Å². The monoisotopic (exact) mass is 257 g/mol. The molecule has 2 aromatic carbocycles. The Labute approximate surface area is 111 Å². The molecule has 19 heavy (non-hydrogen) atoms. The van der Waals surface area contributed by atoms with Gasteiger partial charge in [0.05, 0.1) is 4.92 Å². The lowest BCUT2D eigenvalue weighted by Gasteiger charge is -2.05. The standard InChI is InChI=1S/C15H15NO3/c17-15-10-9-14(16(18)19)11-13(15)8-4-7-12-5-2-1-3-6-12/h1-3,5-6,9-11,17H,4,7-8H2. The van der Waals surface area contributed by atoms with Crippen molar-refractivity contribution in [2.24, 2.45) is 0 Å². The summed E-state index contributed by atoms with van der Waals surface area (Å²) >= 11 is 0. The van der Waals surface area contributed by atoms with Gasteiger partial charge < -0.3 is 5.11 Å². The smallest absolute Gasteiger partial charge is 0.269 e. The van der Waals surface area contributed by atoms with Gasteiger partial charge in [-0.05, 0) is 30.9 Å². The van der Waals surface area contributed by atoms with Gasteiger partial charge in [0.1, 0.15) is 5.75 Å². The van der Waals surface area contributed by atoms with Gasteiger partial charge in [-0.2, -0.15) is 0 Å². The van der Waals surface area contributed by atoms with Crippen LogP contribution in [0.5, 0.6) is 5.75 Å². The Kier molecular flexibility index (Phi) is 4.13. The molecular formula is C15H15NO3. The first kappa shape index (κ1) is 13.1. The number of hydrogen-bond acceptors (Lipinski definition) is 3. The number of phenols is 1. The van der Waals surface area contributed by atoms with E-state index in [-0.39, 0.29) is 11.4 Å². The molecule has 4 heteroatoms.